The van der Waals surface area contributed by atoms with E-state index in [1.807, 2.05) is 4.90 Å². The number of carbonyl (C=O) groups is 1. The van der Waals surface area contributed by atoms with Gasteiger partial charge in [-0.3, -0.25) is 0 Å². The van der Waals surface area contributed by atoms with Crippen LogP contribution in [0.25, 0.3) is 0 Å². The number of hydrogen-bond donors (Lipinski definition) is 0. The van der Waals surface area contributed by atoms with Crippen LogP contribution in [0.4, 0.5) is 5.95 Å². The van der Waals surface area contributed by atoms with Crippen molar-refractivity contribution in [1.29, 1.82) is 0 Å². The third-order valence-corrected chi connectivity index (χ3v) is 4.42. The molecule has 1 aromatic rings. The molecule has 2 aliphatic rings. The van der Waals surface area contributed by atoms with Crippen LogP contribution in [0.5, 0.6) is 0 Å². The average molecular weight is 296 g/mol. The standard InChI is InChI=1S/C14H18ClN3O2/c1-20-13(19)11-7-4-8-18(11)14-16-10-6-3-2-5-9(10)12(15)17-14/h11H,2-8H2,1H3. The fraction of sp³-hybridized carbons (Fsp3) is 0.643. The molecule has 0 spiro atoms. The van der Waals surface area contributed by atoms with E-state index in [2.05, 4.69) is 9.97 Å². The van der Waals surface area contributed by atoms with Crippen LogP contribution >= 0.6 is 11.6 Å². The summed E-state index contributed by atoms with van der Waals surface area (Å²) in [5, 5.41) is 0.542. The maximum atomic E-state index is 11.8. The number of ether oxygens (including phenoxy) is 1. The molecule has 1 aliphatic carbocycles. The minimum Gasteiger partial charge on any atom is -0.467 e. The van der Waals surface area contributed by atoms with Crippen molar-refractivity contribution in [2.45, 2.75) is 44.6 Å². The first-order valence-electron chi connectivity index (χ1n) is 7.10. The van der Waals surface area contributed by atoms with Crippen molar-refractivity contribution in [2.24, 2.45) is 0 Å². The molecule has 0 saturated carbocycles. The Morgan fingerprint density at radius 2 is 2.10 bits per heavy atom. The van der Waals surface area contributed by atoms with Gasteiger partial charge in [0.25, 0.3) is 0 Å². The summed E-state index contributed by atoms with van der Waals surface area (Å²) in [5.74, 6) is 0.350. The van der Waals surface area contributed by atoms with E-state index in [0.29, 0.717) is 11.1 Å². The fourth-order valence-electron chi connectivity index (χ4n) is 3.05. The molecule has 1 unspecified atom stereocenters. The fourth-order valence-corrected chi connectivity index (χ4v) is 3.33. The highest BCUT2D eigenvalue weighted by Gasteiger charge is 2.34. The Balaban J connectivity index is 1.93. The molecule has 1 aliphatic heterocycles. The van der Waals surface area contributed by atoms with Crippen LogP contribution in [-0.2, 0) is 22.4 Å². The van der Waals surface area contributed by atoms with Gasteiger partial charge in [0.1, 0.15) is 11.2 Å². The SMILES string of the molecule is COC(=O)C1CCCN1c1nc(Cl)c2c(n1)CCCC2. The van der Waals surface area contributed by atoms with Crippen molar-refractivity contribution in [3.63, 3.8) is 0 Å². The van der Waals surface area contributed by atoms with Crippen LogP contribution in [0, 0.1) is 0 Å². The number of nitrogens with zero attached hydrogens (tertiary/aromatic N) is 3. The Kier molecular flexibility index (Phi) is 3.78. The Morgan fingerprint density at radius 1 is 1.30 bits per heavy atom. The third kappa shape index (κ3) is 2.35. The van der Waals surface area contributed by atoms with Crippen molar-refractivity contribution in [3.05, 3.63) is 16.4 Å². The summed E-state index contributed by atoms with van der Waals surface area (Å²) in [6, 6.07) is -0.280. The van der Waals surface area contributed by atoms with E-state index in [4.69, 9.17) is 16.3 Å². The molecule has 1 saturated heterocycles. The first kappa shape index (κ1) is 13.6. The topological polar surface area (TPSA) is 55.3 Å². The van der Waals surface area contributed by atoms with Crippen molar-refractivity contribution in [3.8, 4) is 0 Å². The molecule has 1 aromatic heterocycles. The number of halogens is 1. The lowest BCUT2D eigenvalue weighted by Crippen LogP contribution is -2.38. The second-order valence-corrected chi connectivity index (χ2v) is 5.68. The van der Waals surface area contributed by atoms with E-state index in [1.54, 1.807) is 0 Å². The van der Waals surface area contributed by atoms with Gasteiger partial charge in [0.2, 0.25) is 5.95 Å². The predicted molar refractivity (Wildman–Crippen MR) is 76.1 cm³/mol. The summed E-state index contributed by atoms with van der Waals surface area (Å²) >= 11 is 6.29. The van der Waals surface area contributed by atoms with E-state index >= 15 is 0 Å². The van der Waals surface area contributed by atoms with Crippen LogP contribution in [-0.4, -0.2) is 35.6 Å². The van der Waals surface area contributed by atoms with Gasteiger partial charge < -0.3 is 9.64 Å². The van der Waals surface area contributed by atoms with Gasteiger partial charge in [0.05, 0.1) is 12.8 Å². The summed E-state index contributed by atoms with van der Waals surface area (Å²) < 4.78 is 4.86. The van der Waals surface area contributed by atoms with Crippen LogP contribution < -0.4 is 4.90 Å². The molecule has 0 N–H and O–H groups in total. The van der Waals surface area contributed by atoms with E-state index < -0.39 is 0 Å². The Labute approximate surface area is 123 Å². The smallest absolute Gasteiger partial charge is 0.328 e. The van der Waals surface area contributed by atoms with Crippen LogP contribution in [0.15, 0.2) is 0 Å². The highest BCUT2D eigenvalue weighted by molar-refractivity contribution is 6.30. The lowest BCUT2D eigenvalue weighted by Gasteiger charge is -2.25. The predicted octanol–water partition coefficient (Wildman–Crippen LogP) is 2.15. The maximum Gasteiger partial charge on any atom is 0.328 e. The lowest BCUT2D eigenvalue weighted by molar-refractivity contribution is -0.141. The first-order chi connectivity index (χ1) is 9.70. The molecule has 2 heterocycles. The Bertz CT molecular complexity index is 535. The number of methoxy groups -OCH3 is 1. The van der Waals surface area contributed by atoms with Gasteiger partial charge in [0, 0.05) is 12.1 Å². The molecule has 20 heavy (non-hydrogen) atoms. The number of aryl methyl sites for hydroxylation is 1. The number of aromatic nitrogens is 2. The number of esters is 1. The largest absolute Gasteiger partial charge is 0.467 e. The molecular formula is C14H18ClN3O2. The zero-order valence-corrected chi connectivity index (χ0v) is 12.3. The van der Waals surface area contributed by atoms with Gasteiger partial charge in [0.15, 0.2) is 0 Å². The summed E-state index contributed by atoms with van der Waals surface area (Å²) in [7, 11) is 1.42. The molecule has 5 nitrogen and oxygen atoms in total. The highest BCUT2D eigenvalue weighted by Crippen LogP contribution is 2.30. The number of rotatable bonds is 2. The van der Waals surface area contributed by atoms with Crippen molar-refractivity contribution in [1.82, 2.24) is 9.97 Å². The summed E-state index contributed by atoms with van der Waals surface area (Å²) in [6.45, 7) is 0.773. The van der Waals surface area contributed by atoms with Crippen LogP contribution in [0.1, 0.15) is 36.9 Å². The van der Waals surface area contributed by atoms with E-state index in [0.717, 1.165) is 56.3 Å². The zero-order valence-electron chi connectivity index (χ0n) is 11.6. The van der Waals surface area contributed by atoms with E-state index in [1.165, 1.54) is 7.11 Å². The van der Waals surface area contributed by atoms with Gasteiger partial charge in [-0.2, -0.15) is 0 Å². The minimum absolute atomic E-state index is 0.222. The van der Waals surface area contributed by atoms with Crippen LogP contribution in [0.3, 0.4) is 0 Å². The summed E-state index contributed by atoms with van der Waals surface area (Å²) in [6.07, 6.45) is 5.91. The summed E-state index contributed by atoms with van der Waals surface area (Å²) in [5.41, 5.74) is 2.12. The second kappa shape index (κ2) is 5.56. The van der Waals surface area contributed by atoms with Gasteiger partial charge in [-0.1, -0.05) is 11.6 Å². The normalized spacial score (nSPS) is 21.7. The first-order valence-corrected chi connectivity index (χ1v) is 7.48. The third-order valence-electron chi connectivity index (χ3n) is 4.10. The van der Waals surface area contributed by atoms with Gasteiger partial charge in [-0.05, 0) is 38.5 Å². The van der Waals surface area contributed by atoms with Crippen molar-refractivity contribution >= 4 is 23.5 Å². The van der Waals surface area contributed by atoms with Crippen LogP contribution in [0.2, 0.25) is 5.15 Å². The van der Waals surface area contributed by atoms with E-state index in [-0.39, 0.29) is 12.0 Å². The van der Waals surface area contributed by atoms with E-state index in [9.17, 15) is 4.79 Å². The molecule has 3 rings (SSSR count). The monoisotopic (exact) mass is 295 g/mol. The molecule has 1 fully saturated rings. The quantitative estimate of drug-likeness (QED) is 0.618. The van der Waals surface area contributed by atoms with Gasteiger partial charge in [-0.15, -0.1) is 0 Å². The maximum absolute atomic E-state index is 11.8. The number of hydrogen-bond acceptors (Lipinski definition) is 5. The minimum atomic E-state index is -0.280. The molecule has 1 atom stereocenters. The Morgan fingerprint density at radius 3 is 2.90 bits per heavy atom. The molecule has 6 heteroatoms. The second-order valence-electron chi connectivity index (χ2n) is 5.32. The highest BCUT2D eigenvalue weighted by atomic mass is 35.5. The van der Waals surface area contributed by atoms with Gasteiger partial charge >= 0.3 is 5.97 Å². The molecule has 0 amide bonds. The Hall–Kier alpha value is -1.36. The molecular weight excluding hydrogens is 278 g/mol. The molecule has 0 bridgehead atoms. The lowest BCUT2D eigenvalue weighted by atomic mass is 9.97. The van der Waals surface area contributed by atoms with Gasteiger partial charge in [-0.25, -0.2) is 14.8 Å². The molecule has 0 aromatic carbocycles. The summed E-state index contributed by atoms with van der Waals surface area (Å²) in [4.78, 5) is 22.8. The number of carbonyl (C=O) groups excluding carboxylic acids is 1. The molecule has 108 valence electrons. The van der Waals surface area contributed by atoms with Crippen molar-refractivity contribution in [2.75, 3.05) is 18.6 Å². The zero-order chi connectivity index (χ0) is 14.1. The molecule has 0 radical (unpaired) electrons. The number of anilines is 1. The number of fused-ring (bicyclic) bond motifs is 1. The average Bonchev–Trinajstić information content (AvgIpc) is 2.96. The van der Waals surface area contributed by atoms with Crippen molar-refractivity contribution < 1.29 is 9.53 Å².